The first kappa shape index (κ1) is 37.4. The molecule has 8 aromatic carbocycles. The van der Waals surface area contributed by atoms with Gasteiger partial charge in [-0.25, -0.2) is 0 Å². The molecule has 0 saturated heterocycles. The lowest BCUT2D eigenvalue weighted by Crippen LogP contribution is -2.29. The molecule has 0 aromatic heterocycles. The molecule has 0 radical (unpaired) electrons. The second-order valence-corrected chi connectivity index (χ2v) is 19.6. The van der Waals surface area contributed by atoms with E-state index < -0.39 is 5.41 Å². The molecule has 62 heavy (non-hydrogen) atoms. The molecule has 0 bridgehead atoms. The average Bonchev–Trinajstić information content (AvgIpc) is 3.84. The Bertz CT molecular complexity index is 3070. The van der Waals surface area contributed by atoms with Crippen molar-refractivity contribution in [3.63, 3.8) is 0 Å². The summed E-state index contributed by atoms with van der Waals surface area (Å²) < 4.78 is 0. The van der Waals surface area contributed by atoms with Crippen LogP contribution in [0.3, 0.4) is 0 Å². The minimum absolute atomic E-state index is 0.0649. The lowest BCUT2D eigenvalue weighted by atomic mass is 9.55. The Labute approximate surface area is 368 Å². The molecule has 4 aliphatic carbocycles. The molecule has 0 heterocycles. The highest BCUT2D eigenvalue weighted by molar-refractivity contribution is 6.16. The maximum absolute atomic E-state index is 2.54. The number of hydrogen-bond donors (Lipinski definition) is 0. The quantitative estimate of drug-likeness (QED) is 0.157. The van der Waals surface area contributed by atoms with Crippen LogP contribution in [-0.2, 0) is 16.1 Å². The van der Waals surface area contributed by atoms with E-state index in [1.165, 1.54) is 138 Å². The van der Waals surface area contributed by atoms with Crippen LogP contribution in [0.5, 0.6) is 0 Å². The lowest BCUT2D eigenvalue weighted by Gasteiger charge is -2.36. The molecular weight excluding hydrogens is 745 g/mol. The highest BCUT2D eigenvalue weighted by Gasteiger charge is 2.52. The van der Waals surface area contributed by atoms with Gasteiger partial charge < -0.3 is 4.90 Å². The van der Waals surface area contributed by atoms with E-state index in [4.69, 9.17) is 0 Å². The van der Waals surface area contributed by atoms with Crippen LogP contribution < -0.4 is 4.90 Å². The van der Waals surface area contributed by atoms with Gasteiger partial charge in [0, 0.05) is 22.5 Å². The second kappa shape index (κ2) is 13.6. The lowest BCUT2D eigenvalue weighted by molar-refractivity contribution is 0.399. The SMILES string of the molecule is BC1(c2ccccc2-c2ccc(N(c3ccc4c(c3)-c3ccccc3C4(C)C)c3ccc4c(c3)C3(c5ccccc5-4)c4cc(C)ccc4-c4ccc(C)cc43)cc2)CCCCC1. The molecule has 4 aliphatic rings. The fourth-order valence-corrected chi connectivity index (χ4v) is 12.5. The van der Waals surface area contributed by atoms with E-state index in [1.54, 1.807) is 0 Å². The molecule has 1 fully saturated rings. The number of anilines is 3. The summed E-state index contributed by atoms with van der Waals surface area (Å²) in [5.74, 6) is 0. The fraction of sp³-hybridized carbons (Fsp3) is 0.200. The summed E-state index contributed by atoms with van der Waals surface area (Å²) in [6, 6.07) is 65.6. The van der Waals surface area contributed by atoms with Gasteiger partial charge in [-0.2, -0.15) is 0 Å². The predicted molar refractivity (Wildman–Crippen MR) is 263 cm³/mol. The van der Waals surface area contributed by atoms with E-state index in [9.17, 15) is 0 Å². The molecule has 12 rings (SSSR count). The third-order valence-electron chi connectivity index (χ3n) is 15.5. The molecular formula is C60H52BN. The first-order valence-corrected chi connectivity index (χ1v) is 22.9. The smallest absolute Gasteiger partial charge is 0.115 e. The fourth-order valence-electron chi connectivity index (χ4n) is 12.5. The molecule has 8 aromatic rings. The van der Waals surface area contributed by atoms with Crippen molar-refractivity contribution in [3.8, 4) is 44.5 Å². The Morgan fingerprint density at radius 2 is 0.855 bits per heavy atom. The van der Waals surface area contributed by atoms with Crippen molar-refractivity contribution >= 4 is 24.9 Å². The monoisotopic (exact) mass is 797 g/mol. The van der Waals surface area contributed by atoms with Gasteiger partial charge in [0.1, 0.15) is 7.85 Å². The van der Waals surface area contributed by atoms with Crippen molar-refractivity contribution in [3.05, 3.63) is 220 Å². The highest BCUT2D eigenvalue weighted by atomic mass is 15.1. The maximum Gasteiger partial charge on any atom is 0.115 e. The van der Waals surface area contributed by atoms with Gasteiger partial charge >= 0.3 is 0 Å². The van der Waals surface area contributed by atoms with E-state index in [-0.39, 0.29) is 10.7 Å². The van der Waals surface area contributed by atoms with Crippen LogP contribution in [0.15, 0.2) is 170 Å². The average molecular weight is 798 g/mol. The van der Waals surface area contributed by atoms with Crippen LogP contribution >= 0.6 is 0 Å². The Hall–Kier alpha value is -6.38. The molecule has 1 saturated carbocycles. The molecule has 0 amide bonds. The molecule has 1 spiro atoms. The van der Waals surface area contributed by atoms with Crippen LogP contribution in [0, 0.1) is 13.8 Å². The summed E-state index contributed by atoms with van der Waals surface area (Å²) in [4.78, 5) is 2.52. The summed E-state index contributed by atoms with van der Waals surface area (Å²) in [7, 11) is 2.50. The summed E-state index contributed by atoms with van der Waals surface area (Å²) in [6.07, 6.45) is 6.48. The van der Waals surface area contributed by atoms with Crippen molar-refractivity contribution < 1.29 is 0 Å². The summed E-state index contributed by atoms with van der Waals surface area (Å²) >= 11 is 0. The Kier molecular flexibility index (Phi) is 8.18. The first-order valence-electron chi connectivity index (χ1n) is 22.9. The first-order chi connectivity index (χ1) is 30.2. The number of fused-ring (bicyclic) bond motifs is 13. The van der Waals surface area contributed by atoms with Crippen LogP contribution in [0.1, 0.15) is 96.0 Å². The standard InChI is InChI=1S/C60H52BN/c1-38-20-28-47-48-29-21-39(2)35-56(48)60(55(47)34-38)54-19-11-8-15-45(54)49-30-26-43(37-57(49)60)62(42-27-31-52-50(36-42)46-16-7-9-17-51(46)58(52,3)4)41-24-22-40(23-25-41)44-14-6-10-18-53(44)59(61)32-12-5-13-33-59/h6-11,14-31,34-37H,5,12-13,32-33,61H2,1-4H3. The zero-order chi connectivity index (χ0) is 42.0. The number of rotatable bonds is 5. The van der Waals surface area contributed by atoms with Crippen molar-refractivity contribution in [2.45, 2.75) is 75.9 Å². The molecule has 0 atom stereocenters. The predicted octanol–water partition coefficient (Wildman–Crippen LogP) is 14.9. The van der Waals surface area contributed by atoms with Crippen LogP contribution in [-0.4, -0.2) is 7.85 Å². The van der Waals surface area contributed by atoms with Crippen molar-refractivity contribution in [1.82, 2.24) is 0 Å². The molecule has 0 unspecified atom stereocenters. The molecule has 300 valence electrons. The minimum Gasteiger partial charge on any atom is -0.310 e. The van der Waals surface area contributed by atoms with Crippen molar-refractivity contribution in [2.75, 3.05) is 4.90 Å². The van der Waals surface area contributed by atoms with Crippen LogP contribution in [0.25, 0.3) is 44.5 Å². The van der Waals surface area contributed by atoms with Crippen LogP contribution in [0.2, 0.25) is 0 Å². The van der Waals surface area contributed by atoms with Crippen molar-refractivity contribution in [1.29, 1.82) is 0 Å². The number of benzene rings is 8. The molecule has 1 nitrogen and oxygen atoms in total. The van der Waals surface area contributed by atoms with Crippen molar-refractivity contribution in [2.24, 2.45) is 0 Å². The maximum atomic E-state index is 2.54. The number of nitrogens with zero attached hydrogens (tertiary/aromatic N) is 1. The van der Waals surface area contributed by atoms with E-state index in [0.29, 0.717) is 0 Å². The van der Waals surface area contributed by atoms with E-state index in [2.05, 4.69) is 210 Å². The third kappa shape index (κ3) is 5.22. The van der Waals surface area contributed by atoms with Gasteiger partial charge in [0.2, 0.25) is 0 Å². The summed E-state index contributed by atoms with van der Waals surface area (Å²) in [5, 5.41) is 0.209. The second-order valence-electron chi connectivity index (χ2n) is 19.6. The third-order valence-corrected chi connectivity index (χ3v) is 15.5. The topological polar surface area (TPSA) is 3.24 Å². The summed E-state index contributed by atoms with van der Waals surface area (Å²) in [6.45, 7) is 9.23. The van der Waals surface area contributed by atoms with Crippen LogP contribution in [0.4, 0.5) is 17.1 Å². The van der Waals surface area contributed by atoms with E-state index >= 15 is 0 Å². The Morgan fingerprint density at radius 3 is 1.52 bits per heavy atom. The highest BCUT2D eigenvalue weighted by Crippen LogP contribution is 2.64. The van der Waals surface area contributed by atoms with Gasteiger partial charge in [-0.05, 0) is 139 Å². The van der Waals surface area contributed by atoms with Gasteiger partial charge in [0.25, 0.3) is 0 Å². The Balaban J connectivity index is 1.08. The summed E-state index contributed by atoms with van der Waals surface area (Å²) in [5.41, 5.74) is 26.0. The molecule has 0 N–H and O–H groups in total. The normalized spacial score (nSPS) is 16.5. The molecule has 0 aliphatic heterocycles. The zero-order valence-electron chi connectivity index (χ0n) is 36.6. The number of aryl methyl sites for hydroxylation is 2. The van der Waals surface area contributed by atoms with Gasteiger partial charge in [-0.15, -0.1) is 0 Å². The van der Waals surface area contributed by atoms with E-state index in [1.807, 2.05) is 0 Å². The minimum atomic E-state index is -0.431. The largest absolute Gasteiger partial charge is 0.310 e. The zero-order valence-corrected chi connectivity index (χ0v) is 36.6. The van der Waals surface area contributed by atoms with E-state index in [0.717, 1.165) is 5.69 Å². The van der Waals surface area contributed by atoms with Gasteiger partial charge in [0.15, 0.2) is 0 Å². The Morgan fingerprint density at radius 1 is 0.387 bits per heavy atom. The number of hydrogen-bond acceptors (Lipinski definition) is 1. The molecule has 2 heteroatoms. The van der Waals surface area contributed by atoms with Gasteiger partial charge in [-0.1, -0.05) is 191 Å². The van der Waals surface area contributed by atoms with Gasteiger partial charge in [-0.3, -0.25) is 0 Å². The van der Waals surface area contributed by atoms with Gasteiger partial charge in [0.05, 0.1) is 5.41 Å².